The number of hydrogen-bond donors (Lipinski definition) is 1. The molecule has 0 radical (unpaired) electrons. The van der Waals surface area contributed by atoms with Crippen LogP contribution in [0, 0.1) is 11.7 Å². The van der Waals surface area contributed by atoms with Crippen molar-refractivity contribution in [1.29, 1.82) is 0 Å². The molecule has 1 unspecified atom stereocenters. The molecule has 2 aliphatic rings. The minimum absolute atomic E-state index is 0.0964. The van der Waals surface area contributed by atoms with Crippen LogP contribution < -0.4 is 4.74 Å². The summed E-state index contributed by atoms with van der Waals surface area (Å²) in [5.74, 6) is 0.569. The van der Waals surface area contributed by atoms with Gasteiger partial charge in [-0.3, -0.25) is 4.79 Å². The predicted molar refractivity (Wildman–Crippen MR) is 124 cm³/mol. The Balaban J connectivity index is 1.36. The summed E-state index contributed by atoms with van der Waals surface area (Å²) in [7, 11) is 1.58. The van der Waals surface area contributed by atoms with Crippen LogP contribution in [0.2, 0.25) is 0 Å². The molecule has 6 heteroatoms. The first-order chi connectivity index (χ1) is 16.0. The molecular formula is C27H29FN2O3. The average Bonchev–Trinajstić information content (AvgIpc) is 3.75. The first-order valence-corrected chi connectivity index (χ1v) is 11.7. The summed E-state index contributed by atoms with van der Waals surface area (Å²) in [6.07, 6.45) is 6.18. The van der Waals surface area contributed by atoms with E-state index in [1.807, 2.05) is 6.07 Å². The first kappa shape index (κ1) is 21.7. The van der Waals surface area contributed by atoms with E-state index in [4.69, 9.17) is 9.84 Å². The van der Waals surface area contributed by atoms with Crippen molar-refractivity contribution in [2.45, 2.75) is 56.8 Å². The Labute approximate surface area is 193 Å². The first-order valence-electron chi connectivity index (χ1n) is 11.7. The van der Waals surface area contributed by atoms with E-state index < -0.39 is 5.97 Å². The minimum atomic E-state index is -0.736. The van der Waals surface area contributed by atoms with Crippen molar-refractivity contribution in [1.82, 2.24) is 9.78 Å². The van der Waals surface area contributed by atoms with Crippen LogP contribution in [0.15, 0.2) is 48.5 Å². The molecular weight excluding hydrogens is 419 g/mol. The average molecular weight is 449 g/mol. The number of nitrogens with zero attached hydrogens (tertiary/aromatic N) is 2. The minimum Gasteiger partial charge on any atom is -0.497 e. The fourth-order valence-electron chi connectivity index (χ4n) is 4.71. The third-order valence-corrected chi connectivity index (χ3v) is 6.80. The lowest BCUT2D eigenvalue weighted by Gasteiger charge is -2.15. The molecule has 0 amide bonds. The standard InChI is InChI=1S/C27H29FN2O3/c1-33-22-11-12-24(28)26(15-22)30-25(19-8-9-19)14-21(29-30)10-5-17-3-2-4-20(13-17)23(16-27(31)32)18-6-7-18/h2-4,11-15,18-19,23H,5-10,16H2,1H3,(H,31,32). The number of benzene rings is 2. The second-order valence-electron chi connectivity index (χ2n) is 9.35. The summed E-state index contributed by atoms with van der Waals surface area (Å²) in [5.41, 5.74) is 4.72. The van der Waals surface area contributed by atoms with Crippen LogP contribution in [0.3, 0.4) is 0 Å². The number of methoxy groups -OCH3 is 1. The Morgan fingerprint density at radius 3 is 2.67 bits per heavy atom. The third-order valence-electron chi connectivity index (χ3n) is 6.80. The highest BCUT2D eigenvalue weighted by Crippen LogP contribution is 2.45. The normalized spacial score (nSPS) is 16.5. The zero-order chi connectivity index (χ0) is 22.9. The monoisotopic (exact) mass is 448 g/mol. The number of carboxylic acids is 1. The van der Waals surface area contributed by atoms with E-state index in [1.165, 1.54) is 11.6 Å². The summed E-state index contributed by atoms with van der Waals surface area (Å²) < 4.78 is 21.7. The molecule has 1 N–H and O–H groups in total. The summed E-state index contributed by atoms with van der Waals surface area (Å²) in [6, 6.07) is 15.2. The number of hydrogen-bond acceptors (Lipinski definition) is 3. The van der Waals surface area contributed by atoms with Crippen molar-refractivity contribution in [3.05, 3.63) is 76.9 Å². The van der Waals surface area contributed by atoms with Gasteiger partial charge in [0.2, 0.25) is 0 Å². The molecule has 2 saturated carbocycles. The van der Waals surface area contributed by atoms with Gasteiger partial charge in [0, 0.05) is 17.7 Å². The van der Waals surface area contributed by atoms with Crippen molar-refractivity contribution >= 4 is 5.97 Å². The molecule has 5 rings (SSSR count). The number of aryl methyl sites for hydroxylation is 2. The van der Waals surface area contributed by atoms with Gasteiger partial charge in [-0.1, -0.05) is 24.3 Å². The lowest BCUT2D eigenvalue weighted by molar-refractivity contribution is -0.137. The molecule has 0 spiro atoms. The Hall–Kier alpha value is -3.15. The summed E-state index contributed by atoms with van der Waals surface area (Å²) in [5, 5.41) is 14.1. The van der Waals surface area contributed by atoms with Gasteiger partial charge in [0.05, 0.1) is 19.2 Å². The van der Waals surface area contributed by atoms with E-state index in [2.05, 4.69) is 24.3 Å². The highest BCUT2D eigenvalue weighted by Gasteiger charge is 2.34. The lowest BCUT2D eigenvalue weighted by Crippen LogP contribution is -2.09. The molecule has 3 aromatic rings. The maximum Gasteiger partial charge on any atom is 0.303 e. The van der Waals surface area contributed by atoms with Gasteiger partial charge in [-0.25, -0.2) is 9.07 Å². The van der Waals surface area contributed by atoms with Gasteiger partial charge in [0.1, 0.15) is 17.3 Å². The van der Waals surface area contributed by atoms with Crippen molar-refractivity contribution < 1.29 is 19.0 Å². The molecule has 0 aliphatic heterocycles. The van der Waals surface area contributed by atoms with Crippen LogP contribution in [-0.2, 0) is 17.6 Å². The number of rotatable bonds is 10. The van der Waals surface area contributed by atoms with E-state index in [0.717, 1.165) is 55.5 Å². The molecule has 2 fully saturated rings. The van der Waals surface area contributed by atoms with Crippen molar-refractivity contribution in [2.24, 2.45) is 5.92 Å². The second-order valence-corrected chi connectivity index (χ2v) is 9.35. The molecule has 2 aromatic carbocycles. The predicted octanol–water partition coefficient (Wildman–Crippen LogP) is 5.65. The number of aromatic nitrogens is 2. The van der Waals surface area contributed by atoms with Crippen LogP contribution in [0.4, 0.5) is 4.39 Å². The molecule has 1 aromatic heterocycles. The van der Waals surface area contributed by atoms with Gasteiger partial charge in [-0.2, -0.15) is 5.10 Å². The van der Waals surface area contributed by atoms with Gasteiger partial charge in [-0.15, -0.1) is 0 Å². The van der Waals surface area contributed by atoms with Crippen LogP contribution in [-0.4, -0.2) is 28.0 Å². The topological polar surface area (TPSA) is 64.4 Å². The van der Waals surface area contributed by atoms with Gasteiger partial charge in [-0.05, 0) is 79.7 Å². The summed E-state index contributed by atoms with van der Waals surface area (Å²) in [4.78, 5) is 11.3. The van der Waals surface area contributed by atoms with E-state index in [-0.39, 0.29) is 18.2 Å². The molecule has 5 nitrogen and oxygen atoms in total. The Kier molecular flexibility index (Phi) is 5.92. The van der Waals surface area contributed by atoms with Crippen LogP contribution >= 0.6 is 0 Å². The van der Waals surface area contributed by atoms with Gasteiger partial charge in [0.15, 0.2) is 0 Å². The maximum absolute atomic E-state index is 14.6. The second kappa shape index (κ2) is 9.00. The largest absolute Gasteiger partial charge is 0.497 e. The van der Waals surface area contributed by atoms with Crippen LogP contribution in [0.25, 0.3) is 5.69 Å². The highest BCUT2D eigenvalue weighted by atomic mass is 19.1. The zero-order valence-electron chi connectivity index (χ0n) is 18.8. The third kappa shape index (κ3) is 4.95. The van der Waals surface area contributed by atoms with E-state index >= 15 is 0 Å². The fraction of sp³-hybridized carbons (Fsp3) is 0.407. The fourth-order valence-corrected chi connectivity index (χ4v) is 4.71. The summed E-state index contributed by atoms with van der Waals surface area (Å²) in [6.45, 7) is 0. The van der Waals surface area contributed by atoms with Gasteiger partial charge >= 0.3 is 5.97 Å². The van der Waals surface area contributed by atoms with E-state index in [1.54, 1.807) is 23.9 Å². The van der Waals surface area contributed by atoms with Crippen molar-refractivity contribution in [2.75, 3.05) is 7.11 Å². The van der Waals surface area contributed by atoms with Crippen molar-refractivity contribution in [3.8, 4) is 11.4 Å². The number of aliphatic carboxylic acids is 1. The number of halogens is 1. The van der Waals surface area contributed by atoms with E-state index in [9.17, 15) is 14.3 Å². The van der Waals surface area contributed by atoms with Crippen LogP contribution in [0.1, 0.15) is 66.5 Å². The molecule has 172 valence electrons. The number of carboxylic acid groups (broad SMARTS) is 1. The Morgan fingerprint density at radius 2 is 1.97 bits per heavy atom. The Bertz CT molecular complexity index is 1160. The molecule has 33 heavy (non-hydrogen) atoms. The summed E-state index contributed by atoms with van der Waals surface area (Å²) >= 11 is 0. The van der Waals surface area contributed by atoms with E-state index in [0.29, 0.717) is 23.3 Å². The van der Waals surface area contributed by atoms with Crippen LogP contribution in [0.5, 0.6) is 5.75 Å². The molecule has 0 saturated heterocycles. The number of ether oxygens (including phenoxy) is 1. The molecule has 2 aliphatic carbocycles. The number of carbonyl (C=O) groups is 1. The van der Waals surface area contributed by atoms with Gasteiger partial charge in [0.25, 0.3) is 0 Å². The maximum atomic E-state index is 14.6. The van der Waals surface area contributed by atoms with Gasteiger partial charge < -0.3 is 9.84 Å². The molecule has 0 bridgehead atoms. The zero-order valence-corrected chi connectivity index (χ0v) is 18.8. The quantitative estimate of drug-likeness (QED) is 0.435. The molecule has 1 atom stereocenters. The Morgan fingerprint density at radius 1 is 1.15 bits per heavy atom. The molecule has 1 heterocycles. The lowest BCUT2D eigenvalue weighted by atomic mass is 9.89. The highest BCUT2D eigenvalue weighted by molar-refractivity contribution is 5.68. The smallest absolute Gasteiger partial charge is 0.303 e. The van der Waals surface area contributed by atoms with Crippen molar-refractivity contribution in [3.63, 3.8) is 0 Å². The SMILES string of the molecule is COc1ccc(F)c(-n2nc(CCc3cccc(C(CC(=O)O)C4CC4)c3)cc2C2CC2)c1.